The molecule has 1 heterocycles. The van der Waals surface area contributed by atoms with Crippen LogP contribution in [-0.4, -0.2) is 36.5 Å². The summed E-state index contributed by atoms with van der Waals surface area (Å²) in [4.78, 5) is 10.8. The Bertz CT molecular complexity index is 325. The van der Waals surface area contributed by atoms with Gasteiger partial charge in [0.05, 0.1) is 0 Å². The summed E-state index contributed by atoms with van der Waals surface area (Å²) in [6.07, 6.45) is 6.01. The van der Waals surface area contributed by atoms with Gasteiger partial charge in [-0.3, -0.25) is 0 Å². The topological polar surface area (TPSA) is 40.5 Å². The van der Waals surface area contributed by atoms with E-state index in [0.717, 1.165) is 19.3 Å². The van der Waals surface area contributed by atoms with Gasteiger partial charge in [0.2, 0.25) is 0 Å². The van der Waals surface area contributed by atoms with E-state index in [1.807, 2.05) is 6.08 Å². The Hall–Kier alpha value is -0.613. The number of rotatable bonds is 2. The van der Waals surface area contributed by atoms with Crippen molar-refractivity contribution < 1.29 is 9.90 Å². The van der Waals surface area contributed by atoms with Crippen molar-refractivity contribution >= 4 is 14.2 Å². The number of carboxylic acid groups (broad SMARTS) is 1. The van der Waals surface area contributed by atoms with Gasteiger partial charge in [0.1, 0.15) is 8.24 Å². The van der Waals surface area contributed by atoms with Crippen LogP contribution in [0.1, 0.15) is 25.7 Å². The molecule has 1 aliphatic heterocycles. The van der Waals surface area contributed by atoms with Crippen LogP contribution in [0.5, 0.6) is 0 Å². The first-order valence-electron chi connectivity index (χ1n) is 6.20. The average molecular weight is 239 g/mol. The van der Waals surface area contributed by atoms with E-state index in [0.29, 0.717) is 11.6 Å². The minimum Gasteiger partial charge on any atom is -0.478 e. The molecule has 0 aromatic carbocycles. The van der Waals surface area contributed by atoms with E-state index in [1.165, 1.54) is 19.0 Å². The molecule has 1 fully saturated rings. The molecule has 3 nitrogen and oxygen atoms in total. The Labute approximate surface area is 98.2 Å². The van der Waals surface area contributed by atoms with E-state index in [4.69, 9.17) is 5.11 Å². The summed E-state index contributed by atoms with van der Waals surface area (Å²) >= 11 is 0. The van der Waals surface area contributed by atoms with Crippen molar-refractivity contribution in [3.8, 4) is 0 Å². The quantitative estimate of drug-likeness (QED) is 0.753. The number of nitrogens with zero attached hydrogens (tertiary/aromatic N) is 1. The highest BCUT2D eigenvalue weighted by atomic mass is 28.3. The summed E-state index contributed by atoms with van der Waals surface area (Å²) in [7, 11) is -1.15. The zero-order valence-electron chi connectivity index (χ0n) is 10.2. The molecule has 1 saturated heterocycles. The number of hydrogen-bond donors (Lipinski definition) is 1. The van der Waals surface area contributed by atoms with Gasteiger partial charge in [0, 0.05) is 11.6 Å². The molecule has 16 heavy (non-hydrogen) atoms. The van der Waals surface area contributed by atoms with Gasteiger partial charge in [-0.1, -0.05) is 19.2 Å². The summed E-state index contributed by atoms with van der Waals surface area (Å²) in [5.41, 5.74) is 0.620. The van der Waals surface area contributed by atoms with Crippen LogP contribution in [0.3, 0.4) is 0 Å². The summed E-state index contributed by atoms with van der Waals surface area (Å²) < 4.78 is 2.71. The van der Waals surface area contributed by atoms with Crippen molar-refractivity contribution in [2.45, 2.75) is 50.9 Å². The number of aliphatic carboxylic acids is 1. The van der Waals surface area contributed by atoms with Crippen molar-refractivity contribution in [2.75, 3.05) is 6.54 Å². The molecule has 4 heteroatoms. The van der Waals surface area contributed by atoms with Gasteiger partial charge < -0.3 is 9.67 Å². The van der Waals surface area contributed by atoms with Crippen molar-refractivity contribution in [3.63, 3.8) is 0 Å². The van der Waals surface area contributed by atoms with Crippen LogP contribution in [0.4, 0.5) is 0 Å². The van der Waals surface area contributed by atoms with E-state index in [2.05, 4.69) is 17.7 Å². The third kappa shape index (κ3) is 2.22. The van der Waals surface area contributed by atoms with Crippen LogP contribution in [0.15, 0.2) is 11.6 Å². The van der Waals surface area contributed by atoms with E-state index in [-0.39, 0.29) is 0 Å². The van der Waals surface area contributed by atoms with Gasteiger partial charge >= 0.3 is 5.97 Å². The Balaban J connectivity index is 2.02. The van der Waals surface area contributed by atoms with Crippen molar-refractivity contribution in [1.82, 2.24) is 4.57 Å². The summed E-state index contributed by atoms with van der Waals surface area (Å²) in [5.74, 6) is -0.726. The van der Waals surface area contributed by atoms with Crippen LogP contribution in [0.25, 0.3) is 0 Å². The number of carbonyl (C=O) groups is 1. The Morgan fingerprint density at radius 1 is 1.56 bits per heavy atom. The summed E-state index contributed by atoms with van der Waals surface area (Å²) in [5, 5.41) is 8.92. The zero-order valence-corrected chi connectivity index (χ0v) is 11.2. The van der Waals surface area contributed by atoms with E-state index in [9.17, 15) is 4.79 Å². The SMILES string of the molecule is C[Si]1(C)CCCN1C1CC=C(C(=O)O)CC1. The third-order valence-corrected chi connectivity index (χ3v) is 7.78. The first-order chi connectivity index (χ1) is 7.50. The third-order valence-electron chi connectivity index (χ3n) is 4.06. The first-order valence-corrected chi connectivity index (χ1v) is 9.35. The molecule has 0 amide bonds. The van der Waals surface area contributed by atoms with E-state index < -0.39 is 14.2 Å². The largest absolute Gasteiger partial charge is 0.478 e. The highest BCUT2D eigenvalue weighted by molar-refractivity contribution is 6.75. The highest BCUT2D eigenvalue weighted by Gasteiger charge is 2.38. The second-order valence-corrected chi connectivity index (χ2v) is 10.3. The molecule has 0 saturated carbocycles. The smallest absolute Gasteiger partial charge is 0.331 e. The van der Waals surface area contributed by atoms with Crippen molar-refractivity contribution in [3.05, 3.63) is 11.6 Å². The maximum atomic E-state index is 10.8. The lowest BCUT2D eigenvalue weighted by atomic mass is 9.95. The van der Waals surface area contributed by atoms with Crippen LogP contribution in [0, 0.1) is 0 Å². The van der Waals surface area contributed by atoms with Crippen molar-refractivity contribution in [2.24, 2.45) is 0 Å². The fraction of sp³-hybridized carbons (Fsp3) is 0.750. The molecule has 2 aliphatic rings. The molecule has 1 unspecified atom stereocenters. The van der Waals surface area contributed by atoms with Gasteiger partial charge in [0.25, 0.3) is 0 Å². The molecule has 0 aromatic rings. The molecule has 90 valence electrons. The van der Waals surface area contributed by atoms with Crippen LogP contribution in [0.2, 0.25) is 19.1 Å². The van der Waals surface area contributed by atoms with Gasteiger partial charge in [-0.05, 0) is 38.3 Å². The molecule has 0 spiro atoms. The van der Waals surface area contributed by atoms with Gasteiger partial charge in [-0.25, -0.2) is 4.79 Å². The predicted molar refractivity (Wildman–Crippen MR) is 67.0 cm³/mol. The van der Waals surface area contributed by atoms with Crippen LogP contribution in [-0.2, 0) is 4.79 Å². The minimum absolute atomic E-state index is 0.618. The van der Waals surface area contributed by atoms with Crippen LogP contribution >= 0.6 is 0 Å². The summed E-state index contributed by atoms with van der Waals surface area (Å²) in [6, 6.07) is 2.02. The van der Waals surface area contributed by atoms with Crippen LogP contribution < -0.4 is 0 Å². The minimum atomic E-state index is -1.15. The Morgan fingerprint density at radius 3 is 2.75 bits per heavy atom. The molecule has 0 bridgehead atoms. The molecule has 1 atom stereocenters. The van der Waals surface area contributed by atoms with Gasteiger partial charge in [-0.15, -0.1) is 0 Å². The van der Waals surface area contributed by atoms with Gasteiger partial charge in [0.15, 0.2) is 0 Å². The maximum absolute atomic E-state index is 10.8. The molecular weight excluding hydrogens is 218 g/mol. The second-order valence-electron chi connectivity index (χ2n) is 5.57. The average Bonchev–Trinajstić information content (AvgIpc) is 2.58. The van der Waals surface area contributed by atoms with E-state index >= 15 is 0 Å². The van der Waals surface area contributed by atoms with E-state index in [1.54, 1.807) is 0 Å². The molecule has 0 radical (unpaired) electrons. The molecular formula is C12H21NO2Si. The zero-order chi connectivity index (χ0) is 11.8. The molecule has 1 aliphatic carbocycles. The lowest BCUT2D eigenvalue weighted by Crippen LogP contribution is -2.49. The fourth-order valence-electron chi connectivity index (χ4n) is 3.10. The Morgan fingerprint density at radius 2 is 2.31 bits per heavy atom. The normalized spacial score (nSPS) is 30.1. The first kappa shape index (κ1) is 11.9. The molecule has 0 aromatic heterocycles. The number of carboxylic acids is 1. The highest BCUT2D eigenvalue weighted by Crippen LogP contribution is 2.33. The summed E-state index contributed by atoms with van der Waals surface area (Å²) in [6.45, 7) is 6.12. The maximum Gasteiger partial charge on any atom is 0.331 e. The number of hydrogen-bond acceptors (Lipinski definition) is 2. The van der Waals surface area contributed by atoms with Crippen molar-refractivity contribution in [1.29, 1.82) is 0 Å². The standard InChI is InChI=1S/C12H21NO2Si/c1-16(2)9-3-8-13(16)11-6-4-10(5-7-11)12(14)15/h4,11H,3,5-9H2,1-2H3,(H,14,15). The van der Waals surface area contributed by atoms with Gasteiger partial charge in [-0.2, -0.15) is 0 Å². The Kier molecular flexibility index (Phi) is 3.21. The molecule has 1 N–H and O–H groups in total. The lowest BCUT2D eigenvalue weighted by molar-refractivity contribution is -0.132. The monoisotopic (exact) mass is 239 g/mol. The second kappa shape index (κ2) is 4.34. The predicted octanol–water partition coefficient (Wildman–Crippen LogP) is 2.46. The lowest BCUT2D eigenvalue weighted by Gasteiger charge is -2.38. The molecule has 2 rings (SSSR count). The fourth-order valence-corrected chi connectivity index (χ4v) is 6.40.